The highest BCUT2D eigenvalue weighted by atomic mass is 35.5. The van der Waals surface area contributed by atoms with Crippen molar-refractivity contribution < 1.29 is 14.4 Å². The predicted octanol–water partition coefficient (Wildman–Crippen LogP) is 5.70. The van der Waals surface area contributed by atoms with Gasteiger partial charge < -0.3 is 9.47 Å². The molecule has 0 N–H and O–H groups in total. The van der Waals surface area contributed by atoms with Crippen LogP contribution in [0.15, 0.2) is 53.4 Å². The number of nitrogens with zero attached hydrogens (tertiary/aromatic N) is 3. The van der Waals surface area contributed by atoms with E-state index in [2.05, 4.69) is 4.57 Å². The average molecular weight is 508 g/mol. The van der Waals surface area contributed by atoms with E-state index >= 15 is 0 Å². The van der Waals surface area contributed by atoms with E-state index in [1.165, 1.54) is 0 Å². The van der Waals surface area contributed by atoms with Gasteiger partial charge in [0.25, 0.3) is 11.1 Å². The van der Waals surface area contributed by atoms with Crippen molar-refractivity contribution in [3.05, 3.63) is 75.3 Å². The number of likely N-dealkylation sites (tertiary alicyclic amines) is 1. The molecular weight excluding hydrogens is 482 g/mol. The Balaban J connectivity index is 1.45. The van der Waals surface area contributed by atoms with Crippen LogP contribution < -0.4 is 0 Å². The zero-order chi connectivity index (χ0) is 24.5. The average Bonchev–Trinajstić information content (AvgIpc) is 3.29. The van der Waals surface area contributed by atoms with Gasteiger partial charge in [-0.25, -0.2) is 0 Å². The molecule has 3 heterocycles. The Morgan fingerprint density at radius 1 is 1.03 bits per heavy atom. The summed E-state index contributed by atoms with van der Waals surface area (Å²) in [6, 6.07) is 15.7. The number of piperidine rings is 1. The molecule has 0 aliphatic carbocycles. The molecule has 0 spiro atoms. The number of hydrogen-bond acceptors (Lipinski definition) is 4. The molecule has 1 aromatic heterocycles. The Kier molecular flexibility index (Phi) is 6.71. The predicted molar refractivity (Wildman–Crippen MR) is 140 cm³/mol. The number of amides is 3. The number of benzene rings is 2. The van der Waals surface area contributed by atoms with Gasteiger partial charge in [0, 0.05) is 46.8 Å². The molecule has 2 fully saturated rings. The minimum absolute atomic E-state index is 0.166. The Morgan fingerprint density at radius 3 is 2.51 bits per heavy atom. The molecule has 0 saturated carbocycles. The number of carbonyl (C=O) groups excluding carboxylic acids is 3. The smallest absolute Gasteiger partial charge is 0.294 e. The molecule has 0 bridgehead atoms. The largest absolute Gasteiger partial charge is 0.341 e. The van der Waals surface area contributed by atoms with Crippen molar-refractivity contribution >= 4 is 57.4 Å². The summed E-state index contributed by atoms with van der Waals surface area (Å²) in [6.45, 7) is 3.78. The lowest BCUT2D eigenvalue weighted by atomic mass is 10.1. The second-order valence-electron chi connectivity index (χ2n) is 8.90. The van der Waals surface area contributed by atoms with Crippen LogP contribution in [0.1, 0.15) is 36.1 Å². The van der Waals surface area contributed by atoms with Gasteiger partial charge in [0.2, 0.25) is 5.91 Å². The maximum absolute atomic E-state index is 13.1. The summed E-state index contributed by atoms with van der Waals surface area (Å²) in [5.41, 5.74) is 3.89. The number of aromatic nitrogens is 1. The number of rotatable bonds is 5. The van der Waals surface area contributed by atoms with Crippen LogP contribution in [0.4, 0.5) is 4.79 Å². The zero-order valence-corrected chi connectivity index (χ0v) is 21.1. The first-order valence-electron chi connectivity index (χ1n) is 11.8. The minimum Gasteiger partial charge on any atom is -0.341 e. The maximum atomic E-state index is 13.1. The zero-order valence-electron chi connectivity index (χ0n) is 19.5. The van der Waals surface area contributed by atoms with E-state index in [9.17, 15) is 14.4 Å². The Hall–Kier alpha value is -3.03. The summed E-state index contributed by atoms with van der Waals surface area (Å²) in [5.74, 6) is -0.575. The van der Waals surface area contributed by atoms with Gasteiger partial charge in [0.1, 0.15) is 6.54 Å². The second kappa shape index (κ2) is 9.91. The van der Waals surface area contributed by atoms with E-state index in [1.54, 1.807) is 11.0 Å². The van der Waals surface area contributed by atoms with Gasteiger partial charge >= 0.3 is 0 Å². The number of imide groups is 1. The molecule has 35 heavy (non-hydrogen) atoms. The lowest BCUT2D eigenvalue weighted by Crippen LogP contribution is -2.44. The Morgan fingerprint density at radius 2 is 1.74 bits per heavy atom. The van der Waals surface area contributed by atoms with Crippen LogP contribution in [0.3, 0.4) is 0 Å². The van der Waals surface area contributed by atoms with Gasteiger partial charge in [0.05, 0.1) is 4.91 Å². The fraction of sp³-hybridized carbons (Fsp3) is 0.296. The monoisotopic (exact) mass is 507 g/mol. The lowest BCUT2D eigenvalue weighted by molar-refractivity contribution is -0.136. The van der Waals surface area contributed by atoms with Crippen LogP contribution in [0, 0.1) is 6.92 Å². The van der Waals surface area contributed by atoms with Crippen molar-refractivity contribution in [1.29, 1.82) is 0 Å². The first-order chi connectivity index (χ1) is 16.9. The summed E-state index contributed by atoms with van der Waals surface area (Å²) in [7, 11) is 0. The van der Waals surface area contributed by atoms with Crippen LogP contribution in [0.2, 0.25) is 5.02 Å². The molecule has 5 rings (SSSR count). The van der Waals surface area contributed by atoms with Gasteiger partial charge in [-0.2, -0.15) is 0 Å². The van der Waals surface area contributed by atoms with Crippen LogP contribution in [-0.4, -0.2) is 51.1 Å². The van der Waals surface area contributed by atoms with Crippen LogP contribution in [-0.2, 0) is 16.1 Å². The van der Waals surface area contributed by atoms with Gasteiger partial charge in [-0.15, -0.1) is 0 Å². The van der Waals surface area contributed by atoms with E-state index in [1.807, 2.05) is 55.5 Å². The normalized spacial score (nSPS) is 17.7. The Labute approximate surface area is 213 Å². The molecule has 6 nitrogen and oxygen atoms in total. The van der Waals surface area contributed by atoms with Gasteiger partial charge in [-0.05, 0) is 61.7 Å². The first-order valence-corrected chi connectivity index (χ1v) is 13.0. The fourth-order valence-electron chi connectivity index (χ4n) is 4.79. The first kappa shape index (κ1) is 23.7. The molecule has 2 aliphatic rings. The van der Waals surface area contributed by atoms with Crippen molar-refractivity contribution in [1.82, 2.24) is 14.4 Å². The molecular formula is C27H26ClN3O3S. The number of fused-ring (bicyclic) bond motifs is 1. The molecule has 2 aliphatic heterocycles. The van der Waals surface area contributed by atoms with E-state index < -0.39 is 11.1 Å². The molecule has 180 valence electrons. The van der Waals surface area contributed by atoms with E-state index in [4.69, 9.17) is 11.6 Å². The number of thioether (sulfide) groups is 1. The highest BCUT2D eigenvalue weighted by molar-refractivity contribution is 8.18. The summed E-state index contributed by atoms with van der Waals surface area (Å²) in [4.78, 5) is 41.7. The SMILES string of the molecule is Cc1c(/C=C2\SC(=O)N(CC(=O)N3CCCCC3)C2=O)c2ccccc2n1Cc1ccccc1Cl. The third-order valence-corrected chi connectivity index (χ3v) is 7.99. The van der Waals surface area contributed by atoms with E-state index in [0.29, 0.717) is 29.6 Å². The van der Waals surface area contributed by atoms with Gasteiger partial charge in [0.15, 0.2) is 0 Å². The maximum Gasteiger partial charge on any atom is 0.294 e. The summed E-state index contributed by atoms with van der Waals surface area (Å²) >= 11 is 7.32. The van der Waals surface area contributed by atoms with E-state index in [-0.39, 0.29) is 12.5 Å². The number of hydrogen-bond donors (Lipinski definition) is 0. The molecule has 0 radical (unpaired) electrons. The lowest BCUT2D eigenvalue weighted by Gasteiger charge is -2.27. The topological polar surface area (TPSA) is 62.6 Å². The molecule has 2 aromatic carbocycles. The van der Waals surface area contributed by atoms with Gasteiger partial charge in [-0.1, -0.05) is 48.0 Å². The third kappa shape index (κ3) is 4.62. The summed E-state index contributed by atoms with van der Waals surface area (Å²) in [6.07, 6.45) is 4.82. The molecule has 3 aromatic rings. The van der Waals surface area contributed by atoms with Crippen molar-refractivity contribution in [2.75, 3.05) is 19.6 Å². The molecule has 0 unspecified atom stereocenters. The third-order valence-electron chi connectivity index (χ3n) is 6.72. The molecule has 8 heteroatoms. The number of carbonyl (C=O) groups is 3. The van der Waals surface area contributed by atoms with Crippen LogP contribution in [0.5, 0.6) is 0 Å². The summed E-state index contributed by atoms with van der Waals surface area (Å²) in [5, 5.41) is 1.29. The van der Waals surface area contributed by atoms with Crippen molar-refractivity contribution in [3.8, 4) is 0 Å². The standard InChI is InChI=1S/C27H26ClN3O3S/c1-18-21(20-10-4-6-12-23(20)30(18)16-19-9-3-5-11-22(19)28)15-24-26(33)31(27(34)35-24)17-25(32)29-13-7-2-8-14-29/h3-6,9-12,15H,2,7-8,13-14,16-17H2,1H3/b24-15-. The van der Waals surface area contributed by atoms with Crippen molar-refractivity contribution in [2.45, 2.75) is 32.7 Å². The van der Waals surface area contributed by atoms with Crippen molar-refractivity contribution in [2.24, 2.45) is 0 Å². The van der Waals surface area contributed by atoms with E-state index in [0.717, 1.165) is 63.6 Å². The van der Waals surface area contributed by atoms with Gasteiger partial charge in [-0.3, -0.25) is 19.3 Å². The van der Waals surface area contributed by atoms with Crippen LogP contribution >= 0.6 is 23.4 Å². The molecule has 2 saturated heterocycles. The minimum atomic E-state index is -0.410. The van der Waals surface area contributed by atoms with Crippen molar-refractivity contribution in [3.63, 3.8) is 0 Å². The number of para-hydroxylation sites is 1. The Bertz CT molecular complexity index is 1360. The molecule has 3 amide bonds. The highest BCUT2D eigenvalue weighted by Crippen LogP contribution is 2.36. The number of halogens is 1. The summed E-state index contributed by atoms with van der Waals surface area (Å²) < 4.78 is 2.17. The second-order valence-corrected chi connectivity index (χ2v) is 10.3. The van der Waals surface area contributed by atoms with Crippen LogP contribution in [0.25, 0.3) is 17.0 Å². The molecule has 0 atom stereocenters. The highest BCUT2D eigenvalue weighted by Gasteiger charge is 2.37. The quantitative estimate of drug-likeness (QED) is 0.415. The fourth-order valence-corrected chi connectivity index (χ4v) is 5.80.